The summed E-state index contributed by atoms with van der Waals surface area (Å²) in [5.41, 5.74) is 0.215. The highest BCUT2D eigenvalue weighted by Crippen LogP contribution is 2.17. The van der Waals surface area contributed by atoms with Crippen LogP contribution in [0.3, 0.4) is 0 Å². The highest BCUT2D eigenvalue weighted by molar-refractivity contribution is 7.99. The van der Waals surface area contributed by atoms with Gasteiger partial charge < -0.3 is 14.8 Å². The molecule has 0 radical (unpaired) electrons. The van der Waals surface area contributed by atoms with E-state index in [1.807, 2.05) is 11.8 Å². The van der Waals surface area contributed by atoms with Crippen LogP contribution in [0.1, 0.15) is 22.5 Å². The molecule has 1 aliphatic rings. The monoisotopic (exact) mass is 227 g/mol. The summed E-state index contributed by atoms with van der Waals surface area (Å²) in [4.78, 5) is 10.6. The lowest BCUT2D eigenvalue weighted by Gasteiger charge is -2.08. The van der Waals surface area contributed by atoms with Gasteiger partial charge in [-0.2, -0.15) is 11.8 Å². The van der Waals surface area contributed by atoms with Crippen molar-refractivity contribution >= 4 is 17.7 Å². The quantitative estimate of drug-likeness (QED) is 0.817. The summed E-state index contributed by atoms with van der Waals surface area (Å²) in [6.45, 7) is 0.610. The lowest BCUT2D eigenvalue weighted by Crippen LogP contribution is -2.27. The minimum absolute atomic E-state index is 0.215. The van der Waals surface area contributed by atoms with Crippen LogP contribution < -0.4 is 5.32 Å². The Kier molecular flexibility index (Phi) is 3.33. The molecule has 4 nitrogen and oxygen atoms in total. The second kappa shape index (κ2) is 4.72. The van der Waals surface area contributed by atoms with Crippen LogP contribution in [0.15, 0.2) is 16.7 Å². The van der Waals surface area contributed by atoms with E-state index < -0.39 is 5.97 Å². The van der Waals surface area contributed by atoms with Gasteiger partial charge in [-0.15, -0.1) is 0 Å². The Balaban J connectivity index is 1.84. The minimum atomic E-state index is -0.943. The highest BCUT2D eigenvalue weighted by atomic mass is 32.2. The van der Waals surface area contributed by atoms with Crippen molar-refractivity contribution in [2.45, 2.75) is 19.0 Å². The molecule has 2 N–H and O–H groups in total. The normalized spacial score (nSPS) is 20.7. The van der Waals surface area contributed by atoms with Crippen LogP contribution >= 0.6 is 11.8 Å². The molecule has 5 heteroatoms. The van der Waals surface area contributed by atoms with Crippen molar-refractivity contribution in [1.82, 2.24) is 5.32 Å². The molecule has 0 spiro atoms. The first-order chi connectivity index (χ1) is 7.25. The van der Waals surface area contributed by atoms with Crippen molar-refractivity contribution < 1.29 is 14.3 Å². The third kappa shape index (κ3) is 2.76. The van der Waals surface area contributed by atoms with Crippen molar-refractivity contribution in [1.29, 1.82) is 0 Å². The third-order valence-corrected chi connectivity index (χ3v) is 3.56. The molecule has 1 fully saturated rings. The van der Waals surface area contributed by atoms with Gasteiger partial charge in [0, 0.05) is 11.8 Å². The number of carboxylic acid groups (broad SMARTS) is 1. The first-order valence-corrected chi connectivity index (χ1v) is 6.03. The summed E-state index contributed by atoms with van der Waals surface area (Å²) in [7, 11) is 0. The Morgan fingerprint density at radius 1 is 1.73 bits per heavy atom. The highest BCUT2D eigenvalue weighted by Gasteiger charge is 2.15. The molecule has 1 atom stereocenters. The maximum atomic E-state index is 10.6. The van der Waals surface area contributed by atoms with Crippen LogP contribution in [0.4, 0.5) is 0 Å². The molecular weight excluding hydrogens is 214 g/mol. The van der Waals surface area contributed by atoms with Crippen molar-refractivity contribution in [2.24, 2.45) is 0 Å². The predicted molar refractivity (Wildman–Crippen MR) is 58.2 cm³/mol. The number of thioether (sulfide) groups is 1. The zero-order valence-corrected chi connectivity index (χ0v) is 9.05. The minimum Gasteiger partial charge on any atom is -0.478 e. The van der Waals surface area contributed by atoms with Crippen molar-refractivity contribution in [3.63, 3.8) is 0 Å². The first-order valence-electron chi connectivity index (χ1n) is 4.87. The molecule has 0 saturated carbocycles. The van der Waals surface area contributed by atoms with Crippen LogP contribution in [0.25, 0.3) is 0 Å². The molecule has 82 valence electrons. The Morgan fingerprint density at radius 2 is 2.60 bits per heavy atom. The van der Waals surface area contributed by atoms with Crippen LogP contribution in [-0.2, 0) is 6.54 Å². The number of aromatic carboxylic acids is 1. The van der Waals surface area contributed by atoms with Gasteiger partial charge in [0.15, 0.2) is 0 Å². The predicted octanol–water partition coefficient (Wildman–Crippen LogP) is 1.57. The molecule has 1 aromatic heterocycles. The first kappa shape index (κ1) is 10.6. The van der Waals surface area contributed by atoms with Gasteiger partial charge in [0.05, 0.1) is 12.1 Å². The lowest BCUT2D eigenvalue weighted by molar-refractivity contribution is 0.0696. The maximum Gasteiger partial charge on any atom is 0.338 e. The van der Waals surface area contributed by atoms with Crippen molar-refractivity contribution in [2.75, 3.05) is 11.5 Å². The standard InChI is InChI=1S/C10H13NO3S/c12-10(13)7-3-9(14-5-7)4-11-8-1-2-15-6-8/h3,5,8,11H,1-2,4,6H2,(H,12,13). The fraction of sp³-hybridized carbons (Fsp3) is 0.500. The second-order valence-corrected chi connectivity index (χ2v) is 4.70. The molecule has 1 aromatic rings. The van der Waals surface area contributed by atoms with Crippen LogP contribution in [0, 0.1) is 0 Å². The Hall–Kier alpha value is -0.940. The van der Waals surface area contributed by atoms with Gasteiger partial charge in [0.1, 0.15) is 12.0 Å². The zero-order valence-electron chi connectivity index (χ0n) is 8.23. The Labute approximate surface area is 92.0 Å². The van der Waals surface area contributed by atoms with Gasteiger partial charge in [0.25, 0.3) is 0 Å². The van der Waals surface area contributed by atoms with E-state index in [-0.39, 0.29) is 5.56 Å². The van der Waals surface area contributed by atoms with Crippen molar-refractivity contribution in [3.05, 3.63) is 23.7 Å². The number of carboxylic acids is 1. The molecule has 15 heavy (non-hydrogen) atoms. The summed E-state index contributed by atoms with van der Waals surface area (Å²) in [6.07, 6.45) is 2.46. The molecule has 0 bridgehead atoms. The van der Waals surface area contributed by atoms with Crippen LogP contribution in [0.2, 0.25) is 0 Å². The number of carbonyl (C=O) groups is 1. The Bertz CT molecular complexity index is 344. The molecule has 1 unspecified atom stereocenters. The number of nitrogens with one attached hydrogen (secondary N) is 1. The molecule has 0 aromatic carbocycles. The number of hydrogen-bond donors (Lipinski definition) is 2. The van der Waals surface area contributed by atoms with Crippen LogP contribution in [-0.4, -0.2) is 28.6 Å². The van der Waals surface area contributed by atoms with Gasteiger partial charge >= 0.3 is 5.97 Å². The van der Waals surface area contributed by atoms with E-state index in [0.29, 0.717) is 18.3 Å². The number of furan rings is 1. The van der Waals surface area contributed by atoms with E-state index in [2.05, 4.69) is 5.32 Å². The SMILES string of the molecule is O=C(O)c1coc(CNC2CCSC2)c1. The van der Waals surface area contributed by atoms with Gasteiger partial charge in [-0.05, 0) is 18.2 Å². The summed E-state index contributed by atoms with van der Waals surface area (Å²) in [5, 5.41) is 12.0. The van der Waals surface area contributed by atoms with Crippen molar-refractivity contribution in [3.8, 4) is 0 Å². The molecular formula is C10H13NO3S. The molecule has 2 heterocycles. The van der Waals surface area contributed by atoms with E-state index in [9.17, 15) is 4.79 Å². The summed E-state index contributed by atoms with van der Waals surface area (Å²) < 4.78 is 5.14. The van der Waals surface area contributed by atoms with E-state index in [0.717, 1.165) is 5.75 Å². The van der Waals surface area contributed by atoms with E-state index in [1.165, 1.54) is 18.4 Å². The summed E-state index contributed by atoms with van der Waals surface area (Å²) in [5.74, 6) is 2.08. The third-order valence-electron chi connectivity index (χ3n) is 2.40. The smallest absolute Gasteiger partial charge is 0.338 e. The summed E-state index contributed by atoms with van der Waals surface area (Å²) in [6, 6.07) is 2.10. The topological polar surface area (TPSA) is 62.5 Å². The Morgan fingerprint density at radius 3 is 3.20 bits per heavy atom. The molecule has 1 saturated heterocycles. The van der Waals surface area contributed by atoms with Crippen LogP contribution in [0.5, 0.6) is 0 Å². The fourth-order valence-electron chi connectivity index (χ4n) is 1.53. The maximum absolute atomic E-state index is 10.6. The average Bonchev–Trinajstić information content (AvgIpc) is 2.86. The van der Waals surface area contributed by atoms with Gasteiger partial charge in [-0.25, -0.2) is 4.79 Å². The van der Waals surface area contributed by atoms with Gasteiger partial charge in [0.2, 0.25) is 0 Å². The van der Waals surface area contributed by atoms with E-state index in [1.54, 1.807) is 6.07 Å². The van der Waals surface area contributed by atoms with E-state index >= 15 is 0 Å². The second-order valence-electron chi connectivity index (χ2n) is 3.55. The van der Waals surface area contributed by atoms with E-state index in [4.69, 9.17) is 9.52 Å². The number of hydrogen-bond acceptors (Lipinski definition) is 4. The molecule has 0 aliphatic carbocycles. The largest absolute Gasteiger partial charge is 0.478 e. The zero-order chi connectivity index (χ0) is 10.7. The van der Waals surface area contributed by atoms with Gasteiger partial charge in [-0.1, -0.05) is 0 Å². The number of rotatable bonds is 4. The average molecular weight is 227 g/mol. The molecule has 0 amide bonds. The lowest BCUT2D eigenvalue weighted by atomic mass is 10.2. The molecule has 1 aliphatic heterocycles. The van der Waals surface area contributed by atoms with Gasteiger partial charge in [-0.3, -0.25) is 0 Å². The fourth-order valence-corrected chi connectivity index (χ4v) is 2.71. The molecule has 2 rings (SSSR count). The summed E-state index contributed by atoms with van der Waals surface area (Å²) >= 11 is 1.94.